The average molecular weight is 524 g/mol. The van der Waals surface area contributed by atoms with Crippen molar-refractivity contribution in [2.45, 2.75) is 32.9 Å². The average Bonchev–Trinajstić information content (AvgIpc) is 3.33. The van der Waals surface area contributed by atoms with Gasteiger partial charge in [0.1, 0.15) is 4.88 Å². The molecule has 0 aliphatic carbocycles. The fourth-order valence-corrected chi connectivity index (χ4v) is 5.83. The van der Waals surface area contributed by atoms with E-state index in [2.05, 4.69) is 30.6 Å². The minimum atomic E-state index is -0.0937. The summed E-state index contributed by atoms with van der Waals surface area (Å²) in [5.74, 6) is 0.760. The lowest BCUT2D eigenvalue weighted by atomic mass is 10.1. The summed E-state index contributed by atoms with van der Waals surface area (Å²) in [5, 5.41) is 7.28. The quantitative estimate of drug-likeness (QED) is 0.385. The van der Waals surface area contributed by atoms with E-state index in [0.29, 0.717) is 53.4 Å². The summed E-state index contributed by atoms with van der Waals surface area (Å²) < 4.78 is 6.95. The number of carbonyl (C=O) groups is 2. The number of carbonyl (C=O) groups excluding carboxylic acids is 2. The van der Waals surface area contributed by atoms with Crippen molar-refractivity contribution in [2.24, 2.45) is 5.92 Å². The summed E-state index contributed by atoms with van der Waals surface area (Å²) in [7, 11) is 0. The Morgan fingerprint density at radius 1 is 1.19 bits per heavy atom. The number of thiophene rings is 1. The van der Waals surface area contributed by atoms with Crippen LogP contribution < -0.4 is 15.4 Å². The van der Waals surface area contributed by atoms with Gasteiger partial charge >= 0.3 is 0 Å². The zero-order chi connectivity index (χ0) is 25.0. The number of fused-ring (bicyclic) bond motifs is 5. The van der Waals surface area contributed by atoms with Gasteiger partial charge in [-0.3, -0.25) is 9.59 Å². The van der Waals surface area contributed by atoms with Crippen molar-refractivity contribution in [3.8, 4) is 11.8 Å². The molecule has 0 radical (unpaired) electrons. The third kappa shape index (κ3) is 4.07. The van der Waals surface area contributed by atoms with Gasteiger partial charge in [0.2, 0.25) is 23.0 Å². The first-order valence-electron chi connectivity index (χ1n) is 11.6. The molecule has 0 saturated carbocycles. The van der Waals surface area contributed by atoms with Gasteiger partial charge in [0.05, 0.1) is 35.0 Å². The maximum atomic E-state index is 12.7. The number of amides is 2. The normalized spacial score (nSPS) is 19.8. The van der Waals surface area contributed by atoms with Gasteiger partial charge in [0.25, 0.3) is 5.91 Å². The van der Waals surface area contributed by atoms with Crippen LogP contribution in [0.2, 0.25) is 5.28 Å². The van der Waals surface area contributed by atoms with Crippen molar-refractivity contribution >= 4 is 61.6 Å². The molecule has 1 saturated heterocycles. The summed E-state index contributed by atoms with van der Waals surface area (Å²) in [4.78, 5) is 44.9. The highest BCUT2D eigenvalue weighted by Crippen LogP contribution is 2.40. The molecule has 4 aromatic rings. The third-order valence-corrected chi connectivity index (χ3v) is 7.61. The van der Waals surface area contributed by atoms with Crippen LogP contribution in [0.4, 0.5) is 5.69 Å². The van der Waals surface area contributed by atoms with E-state index in [-0.39, 0.29) is 34.9 Å². The molecule has 5 heterocycles. The molecule has 184 valence electrons. The number of hydrogen-bond donors (Lipinski definition) is 2. The molecule has 36 heavy (non-hydrogen) atoms. The number of rotatable bonds is 4. The Labute approximate surface area is 215 Å². The van der Waals surface area contributed by atoms with Gasteiger partial charge in [-0.15, -0.1) is 11.3 Å². The van der Waals surface area contributed by atoms with Gasteiger partial charge in [-0.1, -0.05) is 6.92 Å². The first-order valence-corrected chi connectivity index (χ1v) is 12.8. The summed E-state index contributed by atoms with van der Waals surface area (Å²) >= 11 is 7.47. The molecule has 3 aromatic heterocycles. The first kappa shape index (κ1) is 22.9. The van der Waals surface area contributed by atoms with Crippen LogP contribution in [-0.4, -0.2) is 55.8 Å². The van der Waals surface area contributed by atoms with Crippen molar-refractivity contribution in [3.63, 3.8) is 0 Å². The molecule has 2 atom stereocenters. The van der Waals surface area contributed by atoms with Gasteiger partial charge in [0, 0.05) is 41.8 Å². The van der Waals surface area contributed by atoms with Crippen LogP contribution in [0.1, 0.15) is 35.5 Å². The van der Waals surface area contributed by atoms with E-state index in [4.69, 9.17) is 16.3 Å². The van der Waals surface area contributed by atoms with E-state index in [1.54, 1.807) is 11.1 Å². The number of anilines is 1. The topological polar surface area (TPSA) is 122 Å². The number of ether oxygens (including phenoxy) is 1. The molecule has 0 spiro atoms. The fourth-order valence-electron chi connectivity index (χ4n) is 4.62. The van der Waals surface area contributed by atoms with E-state index in [0.717, 1.165) is 15.8 Å². The highest BCUT2D eigenvalue weighted by Gasteiger charge is 2.28. The van der Waals surface area contributed by atoms with Crippen LogP contribution in [0.15, 0.2) is 24.5 Å². The third-order valence-electron chi connectivity index (χ3n) is 6.28. The molecule has 0 unspecified atom stereocenters. The van der Waals surface area contributed by atoms with Crippen LogP contribution in [0.5, 0.6) is 11.8 Å². The molecule has 1 fully saturated rings. The van der Waals surface area contributed by atoms with Crippen molar-refractivity contribution in [2.75, 3.05) is 18.4 Å². The van der Waals surface area contributed by atoms with Crippen LogP contribution in [0.3, 0.4) is 0 Å². The van der Waals surface area contributed by atoms with Gasteiger partial charge in [-0.05, 0) is 36.6 Å². The number of nitrogens with zero attached hydrogens (tertiary/aromatic N) is 5. The molecular weight excluding hydrogens is 502 g/mol. The molecular formula is C24H22ClN7O3S. The van der Waals surface area contributed by atoms with E-state index >= 15 is 0 Å². The zero-order valence-corrected chi connectivity index (χ0v) is 21.1. The van der Waals surface area contributed by atoms with Crippen molar-refractivity contribution in [3.05, 3.63) is 40.3 Å². The summed E-state index contributed by atoms with van der Waals surface area (Å²) in [6, 6.07) is 3.80. The highest BCUT2D eigenvalue weighted by molar-refractivity contribution is 7.21. The second kappa shape index (κ2) is 8.82. The lowest BCUT2D eigenvalue weighted by Gasteiger charge is -2.17. The smallest absolute Gasteiger partial charge is 0.263 e. The van der Waals surface area contributed by atoms with Gasteiger partial charge < -0.3 is 20.3 Å². The van der Waals surface area contributed by atoms with Gasteiger partial charge in [-0.2, -0.15) is 4.98 Å². The lowest BCUT2D eigenvalue weighted by Crippen LogP contribution is -2.34. The van der Waals surface area contributed by atoms with Crippen LogP contribution in [0, 0.1) is 5.92 Å². The predicted octanol–water partition coefficient (Wildman–Crippen LogP) is 3.99. The minimum absolute atomic E-state index is 0.0150. The Kier molecular flexibility index (Phi) is 5.60. The van der Waals surface area contributed by atoms with E-state index in [1.807, 2.05) is 26.0 Å². The van der Waals surface area contributed by atoms with Crippen molar-refractivity contribution < 1.29 is 14.3 Å². The van der Waals surface area contributed by atoms with E-state index < -0.39 is 0 Å². The summed E-state index contributed by atoms with van der Waals surface area (Å²) in [6.45, 7) is 5.61. The Balaban J connectivity index is 1.35. The summed E-state index contributed by atoms with van der Waals surface area (Å²) in [5.41, 5.74) is 2.70. The Morgan fingerprint density at radius 3 is 2.86 bits per heavy atom. The molecule has 6 rings (SSSR count). The molecule has 12 heteroatoms. The minimum Gasteiger partial charge on any atom is -0.418 e. The van der Waals surface area contributed by atoms with Crippen LogP contribution >= 0.6 is 22.9 Å². The zero-order valence-electron chi connectivity index (χ0n) is 19.5. The maximum absolute atomic E-state index is 12.7. The highest BCUT2D eigenvalue weighted by atomic mass is 35.5. The predicted molar refractivity (Wildman–Crippen MR) is 137 cm³/mol. The Hall–Kier alpha value is -3.57. The molecule has 2 aliphatic rings. The number of nitrogens with one attached hydrogen (secondary N) is 2. The SMILES string of the molecule is C[C@H]1CC(=O)N(Cc2cnc(Cl)nc2Oc2cnc3c(ccc4sc5c(c43)NC[C@@H](C)NC5=O)n2)C1. The van der Waals surface area contributed by atoms with E-state index in [1.165, 1.54) is 17.5 Å². The Bertz CT molecular complexity index is 1540. The lowest BCUT2D eigenvalue weighted by molar-refractivity contribution is -0.128. The largest absolute Gasteiger partial charge is 0.418 e. The number of hydrogen-bond acceptors (Lipinski definition) is 9. The van der Waals surface area contributed by atoms with Gasteiger partial charge in [0.15, 0.2) is 0 Å². The molecule has 2 amide bonds. The first-order chi connectivity index (χ1) is 17.4. The fraction of sp³-hybridized carbons (Fsp3) is 0.333. The molecule has 10 nitrogen and oxygen atoms in total. The molecule has 2 aliphatic heterocycles. The van der Waals surface area contributed by atoms with E-state index in [9.17, 15) is 9.59 Å². The molecule has 2 N–H and O–H groups in total. The second-order valence-electron chi connectivity index (χ2n) is 9.23. The number of likely N-dealkylation sites (tertiary alicyclic amines) is 1. The Morgan fingerprint density at radius 2 is 2.06 bits per heavy atom. The van der Waals surface area contributed by atoms with Crippen molar-refractivity contribution in [1.82, 2.24) is 30.2 Å². The van der Waals surface area contributed by atoms with Crippen molar-refractivity contribution in [1.29, 1.82) is 0 Å². The summed E-state index contributed by atoms with van der Waals surface area (Å²) in [6.07, 6.45) is 3.61. The molecule has 0 bridgehead atoms. The number of aromatic nitrogens is 4. The monoisotopic (exact) mass is 523 g/mol. The number of benzene rings is 1. The number of halogens is 1. The van der Waals surface area contributed by atoms with Crippen LogP contribution in [-0.2, 0) is 11.3 Å². The second-order valence-corrected chi connectivity index (χ2v) is 10.6. The maximum Gasteiger partial charge on any atom is 0.263 e. The standard InChI is InChI=1S/C24H22ClN7O3S/c1-11-5-17(33)32(9-11)10-13-7-28-24(25)31-23(13)35-16-8-27-19-14(30-16)3-4-15-18(19)20-21(36-15)22(34)29-12(2)6-26-20/h3-4,7-8,11-12,26H,5-6,9-10H2,1-2H3,(H,29,34)/t11-,12+/m0/s1. The molecule has 1 aromatic carbocycles. The van der Waals surface area contributed by atoms with Crippen LogP contribution in [0.25, 0.3) is 21.1 Å². The van der Waals surface area contributed by atoms with Gasteiger partial charge in [-0.25, -0.2) is 15.0 Å².